The number of carbonyl (C=O) groups excluding carboxylic acids is 2. The number of nitrogens with zero attached hydrogens (tertiary/aromatic N) is 5. The number of imide groups is 1. The molecular weight excluding hydrogens is 408 g/mol. The third-order valence-corrected chi connectivity index (χ3v) is 5.83. The Morgan fingerprint density at radius 2 is 1.77 bits per heavy atom. The van der Waals surface area contributed by atoms with E-state index in [1.807, 2.05) is 12.1 Å². The van der Waals surface area contributed by atoms with Gasteiger partial charge in [-0.05, 0) is 49.7 Å². The molecule has 0 unspecified atom stereocenters. The fourth-order valence-corrected chi connectivity index (χ4v) is 4.21. The van der Waals surface area contributed by atoms with Gasteiger partial charge in [0.05, 0.1) is 24.3 Å². The van der Waals surface area contributed by atoms with E-state index in [1.54, 1.807) is 6.20 Å². The smallest absolute Gasteiger partial charge is 0.387 e. The summed E-state index contributed by atoms with van der Waals surface area (Å²) in [6, 6.07) is 3.40. The van der Waals surface area contributed by atoms with E-state index in [9.17, 15) is 18.4 Å². The number of hydrogen-bond acceptors (Lipinski definition) is 6. The number of pyridine rings is 1. The molecule has 3 heterocycles. The number of rotatable bonds is 7. The molecule has 2 fully saturated rings. The van der Waals surface area contributed by atoms with Crippen LogP contribution in [0.25, 0.3) is 0 Å². The lowest BCUT2D eigenvalue weighted by Gasteiger charge is -2.15. The van der Waals surface area contributed by atoms with E-state index in [1.165, 1.54) is 24.3 Å². The molecule has 1 saturated carbocycles. The SMILES string of the molecule is CN1C(=O)CN(c2ccc(C[C@H]3CC[C@H](Cc4ncc(OC(F)F)cn4)C3)nc2)C1=O. The van der Waals surface area contributed by atoms with Crippen LogP contribution in [0.4, 0.5) is 19.3 Å². The Morgan fingerprint density at radius 3 is 2.35 bits per heavy atom. The highest BCUT2D eigenvalue weighted by Gasteiger charge is 2.34. The number of ether oxygens (including phenoxy) is 1. The highest BCUT2D eigenvalue weighted by molar-refractivity contribution is 6.11. The maximum absolute atomic E-state index is 12.2. The molecule has 1 aliphatic carbocycles. The molecule has 2 atom stereocenters. The standard InChI is InChI=1S/C21H23F2N5O3/c1-27-19(29)12-28(21(27)30)16-5-4-15(24-9-16)7-13-2-3-14(6-13)8-18-25-10-17(11-26-18)31-20(22)23/h4-5,9-11,13-14,20H,2-3,6-8,12H2,1H3/t13-,14-/m0/s1. The number of likely N-dealkylation sites (N-methyl/N-ethyl adjacent to an activating group) is 1. The topological polar surface area (TPSA) is 88.5 Å². The van der Waals surface area contributed by atoms with Gasteiger partial charge in [-0.3, -0.25) is 19.6 Å². The molecule has 1 saturated heterocycles. The molecule has 0 aromatic carbocycles. The first-order valence-electron chi connectivity index (χ1n) is 10.2. The maximum Gasteiger partial charge on any atom is 0.387 e. The third-order valence-electron chi connectivity index (χ3n) is 5.83. The molecule has 2 aromatic heterocycles. The predicted molar refractivity (Wildman–Crippen MR) is 107 cm³/mol. The van der Waals surface area contributed by atoms with E-state index in [0.29, 0.717) is 29.8 Å². The minimum absolute atomic E-state index is 0.0378. The number of carbonyl (C=O) groups is 2. The number of urea groups is 1. The summed E-state index contributed by atoms with van der Waals surface area (Å²) in [6.07, 6.45) is 8.89. The highest BCUT2D eigenvalue weighted by Crippen LogP contribution is 2.35. The average molecular weight is 431 g/mol. The fourth-order valence-electron chi connectivity index (χ4n) is 4.21. The van der Waals surface area contributed by atoms with Gasteiger partial charge in [-0.15, -0.1) is 0 Å². The van der Waals surface area contributed by atoms with Crippen molar-refractivity contribution in [1.29, 1.82) is 0 Å². The van der Waals surface area contributed by atoms with Crippen LogP contribution in [0.15, 0.2) is 30.7 Å². The molecule has 31 heavy (non-hydrogen) atoms. The van der Waals surface area contributed by atoms with Crippen molar-refractivity contribution < 1.29 is 23.1 Å². The van der Waals surface area contributed by atoms with Crippen molar-refractivity contribution in [3.8, 4) is 5.75 Å². The van der Waals surface area contributed by atoms with Crippen molar-refractivity contribution in [2.75, 3.05) is 18.5 Å². The Balaban J connectivity index is 1.28. The first-order chi connectivity index (χ1) is 14.9. The van der Waals surface area contributed by atoms with Crippen LogP contribution < -0.4 is 9.64 Å². The van der Waals surface area contributed by atoms with Gasteiger partial charge >= 0.3 is 12.6 Å². The number of hydrogen-bond donors (Lipinski definition) is 0. The van der Waals surface area contributed by atoms with Gasteiger partial charge in [0.15, 0.2) is 5.75 Å². The van der Waals surface area contributed by atoms with E-state index in [2.05, 4.69) is 19.7 Å². The van der Waals surface area contributed by atoms with Crippen molar-refractivity contribution in [3.63, 3.8) is 0 Å². The Bertz CT molecular complexity index is 939. The quantitative estimate of drug-likeness (QED) is 0.626. The highest BCUT2D eigenvalue weighted by atomic mass is 19.3. The van der Waals surface area contributed by atoms with Crippen LogP contribution >= 0.6 is 0 Å². The van der Waals surface area contributed by atoms with Crippen molar-refractivity contribution >= 4 is 17.6 Å². The zero-order valence-corrected chi connectivity index (χ0v) is 17.1. The summed E-state index contributed by atoms with van der Waals surface area (Å²) in [5, 5.41) is 0. The molecule has 2 aromatic rings. The largest absolute Gasteiger partial charge is 0.432 e. The van der Waals surface area contributed by atoms with Gasteiger partial charge in [0.25, 0.3) is 0 Å². The molecule has 164 valence electrons. The molecule has 0 spiro atoms. The summed E-state index contributed by atoms with van der Waals surface area (Å²) in [6.45, 7) is -2.84. The normalized spacial score (nSPS) is 21.4. The predicted octanol–water partition coefficient (Wildman–Crippen LogP) is 3.07. The summed E-state index contributed by atoms with van der Waals surface area (Å²) in [5.74, 6) is 1.29. The second kappa shape index (κ2) is 8.91. The Morgan fingerprint density at radius 1 is 1.06 bits per heavy atom. The second-order valence-corrected chi connectivity index (χ2v) is 8.00. The van der Waals surface area contributed by atoms with E-state index in [-0.39, 0.29) is 24.2 Å². The van der Waals surface area contributed by atoms with Gasteiger partial charge in [-0.25, -0.2) is 14.8 Å². The van der Waals surface area contributed by atoms with Crippen LogP contribution in [0.3, 0.4) is 0 Å². The summed E-state index contributed by atoms with van der Waals surface area (Å²) < 4.78 is 28.7. The lowest BCUT2D eigenvalue weighted by molar-refractivity contribution is -0.123. The maximum atomic E-state index is 12.2. The zero-order valence-electron chi connectivity index (χ0n) is 17.1. The van der Waals surface area contributed by atoms with Crippen molar-refractivity contribution in [1.82, 2.24) is 19.9 Å². The molecule has 2 aliphatic rings. The zero-order chi connectivity index (χ0) is 22.0. The van der Waals surface area contributed by atoms with Crippen LogP contribution in [0.2, 0.25) is 0 Å². The Labute approximate surface area is 178 Å². The second-order valence-electron chi connectivity index (χ2n) is 8.00. The van der Waals surface area contributed by atoms with Crippen molar-refractivity contribution in [3.05, 3.63) is 42.2 Å². The fraction of sp³-hybridized carbons (Fsp3) is 0.476. The molecule has 10 heteroatoms. The Hall–Kier alpha value is -3.17. The van der Waals surface area contributed by atoms with Crippen LogP contribution in [0.5, 0.6) is 5.75 Å². The molecule has 8 nitrogen and oxygen atoms in total. The minimum atomic E-state index is -2.88. The van der Waals surface area contributed by atoms with Gasteiger partial charge in [0.2, 0.25) is 5.91 Å². The summed E-state index contributed by atoms with van der Waals surface area (Å²) in [5.41, 5.74) is 1.57. The van der Waals surface area contributed by atoms with E-state index in [0.717, 1.165) is 36.3 Å². The number of amides is 3. The van der Waals surface area contributed by atoms with E-state index in [4.69, 9.17) is 0 Å². The number of aromatic nitrogens is 3. The lowest BCUT2D eigenvalue weighted by Crippen LogP contribution is -2.29. The molecule has 0 radical (unpaired) electrons. The summed E-state index contributed by atoms with van der Waals surface area (Å²) in [4.78, 5) is 39.0. The number of anilines is 1. The lowest BCUT2D eigenvalue weighted by atomic mass is 9.97. The van der Waals surface area contributed by atoms with Crippen LogP contribution in [0, 0.1) is 11.8 Å². The van der Waals surface area contributed by atoms with E-state index < -0.39 is 6.61 Å². The third kappa shape index (κ3) is 4.95. The average Bonchev–Trinajstić information content (AvgIpc) is 3.29. The number of halogens is 2. The molecule has 1 aliphatic heterocycles. The molecule has 4 rings (SSSR count). The van der Waals surface area contributed by atoms with Crippen molar-refractivity contribution in [2.45, 2.75) is 38.7 Å². The van der Waals surface area contributed by atoms with Crippen LogP contribution in [-0.4, -0.2) is 52.0 Å². The van der Waals surface area contributed by atoms with Gasteiger partial charge in [-0.2, -0.15) is 8.78 Å². The molecule has 3 amide bonds. The first-order valence-corrected chi connectivity index (χ1v) is 10.2. The summed E-state index contributed by atoms with van der Waals surface area (Å²) >= 11 is 0. The van der Waals surface area contributed by atoms with Gasteiger partial charge < -0.3 is 4.74 Å². The molecular formula is C21H23F2N5O3. The van der Waals surface area contributed by atoms with Crippen LogP contribution in [0.1, 0.15) is 30.8 Å². The summed E-state index contributed by atoms with van der Waals surface area (Å²) in [7, 11) is 1.47. The monoisotopic (exact) mass is 431 g/mol. The van der Waals surface area contributed by atoms with Crippen LogP contribution in [-0.2, 0) is 17.6 Å². The molecule has 0 bridgehead atoms. The van der Waals surface area contributed by atoms with Gasteiger partial charge in [0, 0.05) is 19.2 Å². The van der Waals surface area contributed by atoms with Gasteiger partial charge in [0.1, 0.15) is 12.4 Å². The molecule has 0 N–H and O–H groups in total. The van der Waals surface area contributed by atoms with Gasteiger partial charge in [-0.1, -0.05) is 0 Å². The first kappa shape index (κ1) is 21.1. The number of alkyl halides is 2. The Kier molecular flexibility index (Phi) is 6.06. The minimum Gasteiger partial charge on any atom is -0.432 e. The van der Waals surface area contributed by atoms with E-state index >= 15 is 0 Å². The van der Waals surface area contributed by atoms with Crippen molar-refractivity contribution in [2.24, 2.45) is 11.8 Å².